The molecule has 0 radical (unpaired) electrons. The summed E-state index contributed by atoms with van der Waals surface area (Å²) in [6, 6.07) is 4.95. The van der Waals surface area contributed by atoms with Crippen LogP contribution < -0.4 is 19.9 Å². The minimum Gasteiger partial charge on any atom is -0.481 e. The number of ether oxygens (including phenoxy) is 3. The molecule has 2 heterocycles. The van der Waals surface area contributed by atoms with Gasteiger partial charge in [-0.1, -0.05) is 0 Å². The molecule has 0 spiro atoms. The molecular weight excluding hydrogens is 320 g/mol. The van der Waals surface area contributed by atoms with Crippen molar-refractivity contribution >= 4 is 16.6 Å². The first kappa shape index (κ1) is 15.7. The van der Waals surface area contributed by atoms with Crippen LogP contribution in [0.2, 0.25) is 0 Å². The minimum atomic E-state index is -0.919. The standard InChI is InChI=1S/C16H13F2N3O3/c1-22-13-7-11-14(16(21-13)23-2)12(3-4-20-11)24-15-9(17)5-8(19)6-10(15)18/h3-7H,19H2,1-2H3. The van der Waals surface area contributed by atoms with E-state index in [4.69, 9.17) is 19.9 Å². The maximum absolute atomic E-state index is 14.0. The lowest BCUT2D eigenvalue weighted by molar-refractivity contribution is 0.366. The van der Waals surface area contributed by atoms with Crippen molar-refractivity contribution in [3.63, 3.8) is 0 Å². The molecule has 2 aromatic heterocycles. The molecule has 3 aromatic rings. The summed E-state index contributed by atoms with van der Waals surface area (Å²) in [5.74, 6) is -1.84. The van der Waals surface area contributed by atoms with E-state index in [9.17, 15) is 8.78 Å². The summed E-state index contributed by atoms with van der Waals surface area (Å²) in [5.41, 5.74) is 5.80. The zero-order chi connectivity index (χ0) is 17.3. The summed E-state index contributed by atoms with van der Waals surface area (Å²) in [6.45, 7) is 0. The van der Waals surface area contributed by atoms with E-state index in [2.05, 4.69) is 9.97 Å². The summed E-state index contributed by atoms with van der Waals surface area (Å²) in [4.78, 5) is 8.30. The quantitative estimate of drug-likeness (QED) is 0.738. The van der Waals surface area contributed by atoms with Gasteiger partial charge in [-0.25, -0.2) is 8.78 Å². The Kier molecular flexibility index (Phi) is 4.03. The molecule has 0 bridgehead atoms. The van der Waals surface area contributed by atoms with Gasteiger partial charge in [-0.2, -0.15) is 4.98 Å². The Hall–Kier alpha value is -3.16. The zero-order valence-electron chi connectivity index (χ0n) is 12.8. The Morgan fingerprint density at radius 3 is 2.38 bits per heavy atom. The van der Waals surface area contributed by atoms with Gasteiger partial charge >= 0.3 is 0 Å². The molecule has 0 saturated carbocycles. The first-order chi connectivity index (χ1) is 11.5. The number of rotatable bonds is 4. The molecule has 2 N–H and O–H groups in total. The van der Waals surface area contributed by atoms with Gasteiger partial charge in [0.1, 0.15) is 11.1 Å². The number of hydrogen-bond acceptors (Lipinski definition) is 6. The normalized spacial score (nSPS) is 10.7. The summed E-state index contributed by atoms with van der Waals surface area (Å²) >= 11 is 0. The number of nitrogens with two attached hydrogens (primary N) is 1. The van der Waals surface area contributed by atoms with Gasteiger partial charge < -0.3 is 19.9 Å². The van der Waals surface area contributed by atoms with Crippen molar-refractivity contribution in [1.82, 2.24) is 9.97 Å². The van der Waals surface area contributed by atoms with Crippen LogP contribution in [0.3, 0.4) is 0 Å². The van der Waals surface area contributed by atoms with Crippen molar-refractivity contribution in [2.45, 2.75) is 0 Å². The van der Waals surface area contributed by atoms with Gasteiger partial charge in [0.15, 0.2) is 17.4 Å². The molecule has 1 aromatic carbocycles. The molecule has 124 valence electrons. The highest BCUT2D eigenvalue weighted by atomic mass is 19.1. The van der Waals surface area contributed by atoms with Crippen LogP contribution in [0, 0.1) is 11.6 Å². The fourth-order valence-electron chi connectivity index (χ4n) is 2.21. The number of anilines is 1. The van der Waals surface area contributed by atoms with Crippen LogP contribution in [0.1, 0.15) is 0 Å². The highest BCUT2D eigenvalue weighted by Crippen LogP contribution is 2.37. The Morgan fingerprint density at radius 1 is 1.04 bits per heavy atom. The van der Waals surface area contributed by atoms with E-state index in [0.29, 0.717) is 10.9 Å². The molecule has 8 heteroatoms. The van der Waals surface area contributed by atoms with Crippen LogP contribution >= 0.6 is 0 Å². The van der Waals surface area contributed by atoms with Crippen molar-refractivity contribution in [3.8, 4) is 23.3 Å². The van der Waals surface area contributed by atoms with E-state index in [1.807, 2.05) is 0 Å². The third-order valence-electron chi connectivity index (χ3n) is 3.26. The molecule has 0 unspecified atom stereocenters. The lowest BCUT2D eigenvalue weighted by Gasteiger charge is -2.13. The van der Waals surface area contributed by atoms with E-state index < -0.39 is 17.4 Å². The third-order valence-corrected chi connectivity index (χ3v) is 3.26. The molecule has 0 aliphatic heterocycles. The fourth-order valence-corrected chi connectivity index (χ4v) is 2.21. The number of benzene rings is 1. The van der Waals surface area contributed by atoms with Crippen molar-refractivity contribution in [2.24, 2.45) is 0 Å². The van der Waals surface area contributed by atoms with E-state index >= 15 is 0 Å². The van der Waals surface area contributed by atoms with Crippen LogP contribution in [0.4, 0.5) is 14.5 Å². The molecule has 0 saturated heterocycles. The van der Waals surface area contributed by atoms with Crippen LogP contribution in [0.5, 0.6) is 23.3 Å². The SMILES string of the molecule is COc1cc2nccc(Oc3c(F)cc(N)cc3F)c2c(OC)n1. The molecular formula is C16H13F2N3O3. The third kappa shape index (κ3) is 2.73. The van der Waals surface area contributed by atoms with Crippen LogP contribution in [0.15, 0.2) is 30.5 Å². The monoisotopic (exact) mass is 333 g/mol. The van der Waals surface area contributed by atoms with Crippen LogP contribution in [-0.2, 0) is 0 Å². The van der Waals surface area contributed by atoms with Crippen molar-refractivity contribution in [1.29, 1.82) is 0 Å². The predicted molar refractivity (Wildman–Crippen MR) is 83.5 cm³/mol. The lowest BCUT2D eigenvalue weighted by atomic mass is 10.2. The summed E-state index contributed by atoms with van der Waals surface area (Å²) in [7, 11) is 2.86. The highest BCUT2D eigenvalue weighted by Gasteiger charge is 2.18. The lowest BCUT2D eigenvalue weighted by Crippen LogP contribution is -1.99. The second-order valence-corrected chi connectivity index (χ2v) is 4.79. The first-order valence-electron chi connectivity index (χ1n) is 6.83. The molecule has 24 heavy (non-hydrogen) atoms. The molecule has 0 atom stereocenters. The Balaban J connectivity index is 2.17. The second-order valence-electron chi connectivity index (χ2n) is 4.79. The second kappa shape index (κ2) is 6.15. The average molecular weight is 333 g/mol. The van der Waals surface area contributed by atoms with Gasteiger partial charge in [0.25, 0.3) is 0 Å². The molecule has 0 fully saturated rings. The van der Waals surface area contributed by atoms with Gasteiger partial charge in [-0.3, -0.25) is 4.98 Å². The largest absolute Gasteiger partial charge is 0.481 e. The summed E-state index contributed by atoms with van der Waals surface area (Å²) in [5, 5.41) is 0.358. The number of nitrogens with zero attached hydrogens (tertiary/aromatic N) is 2. The number of methoxy groups -OCH3 is 2. The number of pyridine rings is 2. The summed E-state index contributed by atoms with van der Waals surface area (Å²) in [6.07, 6.45) is 1.43. The molecule has 0 aliphatic rings. The number of halogens is 2. The Bertz CT molecular complexity index is 895. The number of aromatic nitrogens is 2. The highest BCUT2D eigenvalue weighted by molar-refractivity contribution is 5.90. The van der Waals surface area contributed by atoms with Crippen LogP contribution in [0.25, 0.3) is 10.9 Å². The summed E-state index contributed by atoms with van der Waals surface area (Å²) < 4.78 is 43.6. The minimum absolute atomic E-state index is 0.0408. The van der Waals surface area contributed by atoms with E-state index in [-0.39, 0.29) is 23.2 Å². The van der Waals surface area contributed by atoms with Gasteiger partial charge in [-0.05, 0) is 6.07 Å². The van der Waals surface area contributed by atoms with Gasteiger partial charge in [0.2, 0.25) is 11.8 Å². The molecule has 3 rings (SSSR count). The first-order valence-corrected chi connectivity index (χ1v) is 6.83. The fraction of sp³-hybridized carbons (Fsp3) is 0.125. The molecule has 6 nitrogen and oxygen atoms in total. The zero-order valence-corrected chi connectivity index (χ0v) is 12.8. The van der Waals surface area contributed by atoms with Gasteiger partial charge in [-0.15, -0.1) is 0 Å². The number of fused-ring (bicyclic) bond motifs is 1. The smallest absolute Gasteiger partial charge is 0.229 e. The van der Waals surface area contributed by atoms with E-state index in [1.54, 1.807) is 6.07 Å². The van der Waals surface area contributed by atoms with Gasteiger partial charge in [0, 0.05) is 30.1 Å². The van der Waals surface area contributed by atoms with E-state index in [1.165, 1.54) is 26.5 Å². The Labute approximate surface area is 135 Å². The van der Waals surface area contributed by atoms with Crippen molar-refractivity contribution in [2.75, 3.05) is 20.0 Å². The number of hydrogen-bond donors (Lipinski definition) is 1. The Morgan fingerprint density at radius 2 is 1.75 bits per heavy atom. The molecule has 0 amide bonds. The topological polar surface area (TPSA) is 79.5 Å². The number of nitrogen functional groups attached to an aromatic ring is 1. The van der Waals surface area contributed by atoms with E-state index in [0.717, 1.165) is 12.1 Å². The molecule has 0 aliphatic carbocycles. The maximum Gasteiger partial charge on any atom is 0.229 e. The van der Waals surface area contributed by atoms with Gasteiger partial charge in [0.05, 0.1) is 19.7 Å². The average Bonchev–Trinajstić information content (AvgIpc) is 2.56. The van der Waals surface area contributed by atoms with Crippen LogP contribution in [-0.4, -0.2) is 24.2 Å². The maximum atomic E-state index is 14.0. The van der Waals surface area contributed by atoms with Crippen molar-refractivity contribution < 1.29 is 23.0 Å². The van der Waals surface area contributed by atoms with Crippen molar-refractivity contribution in [3.05, 3.63) is 42.1 Å². The predicted octanol–water partition coefficient (Wildman–Crippen LogP) is 3.30.